The third-order valence-electron chi connectivity index (χ3n) is 4.57. The van der Waals surface area contributed by atoms with Crippen LogP contribution in [0.25, 0.3) is 11.0 Å². The van der Waals surface area contributed by atoms with Gasteiger partial charge in [0.15, 0.2) is 5.58 Å². The lowest BCUT2D eigenvalue weighted by atomic mass is 10.1. The molecule has 4 rings (SSSR count). The molecule has 0 aliphatic carbocycles. The molecule has 0 aliphatic heterocycles. The quantitative estimate of drug-likeness (QED) is 0.479. The number of pyridine rings is 1. The lowest BCUT2D eigenvalue weighted by Crippen LogP contribution is -2.24. The van der Waals surface area contributed by atoms with Gasteiger partial charge in [-0.2, -0.15) is 0 Å². The summed E-state index contributed by atoms with van der Waals surface area (Å²) in [5, 5.41) is 7.40. The van der Waals surface area contributed by atoms with Crippen LogP contribution in [0.2, 0.25) is 5.02 Å². The van der Waals surface area contributed by atoms with Gasteiger partial charge in [0, 0.05) is 46.9 Å². The number of carbonyl (C=O) groups is 2. The second kappa shape index (κ2) is 8.53. The van der Waals surface area contributed by atoms with E-state index < -0.39 is 11.7 Å². The number of anilines is 3. The number of nitrogens with one attached hydrogen (secondary N) is 1. The van der Waals surface area contributed by atoms with Crippen LogP contribution in [0.5, 0.6) is 0 Å². The zero-order valence-electron chi connectivity index (χ0n) is 16.3. The molecule has 9 heteroatoms. The molecule has 2 heterocycles. The lowest BCUT2D eigenvalue weighted by molar-refractivity contribution is -0.116. The van der Waals surface area contributed by atoms with E-state index in [1.807, 2.05) is 0 Å². The molecule has 2 amide bonds. The van der Waals surface area contributed by atoms with E-state index in [2.05, 4.69) is 15.5 Å². The van der Waals surface area contributed by atoms with Crippen molar-refractivity contribution >= 4 is 51.6 Å². The topological polar surface area (TPSA) is 88.3 Å². The van der Waals surface area contributed by atoms with Gasteiger partial charge < -0.3 is 9.84 Å². The lowest BCUT2D eigenvalue weighted by Gasteiger charge is -2.20. The maximum absolute atomic E-state index is 14.0. The SMILES string of the molecule is CC(=O)N(c1ccc2cnoc2c1)c1cc(NC(=O)Cc2c(F)cccc2Cl)ccn1. The normalized spacial score (nSPS) is 10.8. The molecule has 0 saturated heterocycles. The molecule has 0 bridgehead atoms. The first-order chi connectivity index (χ1) is 14.9. The van der Waals surface area contributed by atoms with Crippen molar-refractivity contribution in [2.24, 2.45) is 0 Å². The second-order valence-corrected chi connectivity index (χ2v) is 7.14. The monoisotopic (exact) mass is 438 g/mol. The van der Waals surface area contributed by atoms with Crippen molar-refractivity contribution < 1.29 is 18.5 Å². The molecule has 1 N–H and O–H groups in total. The van der Waals surface area contributed by atoms with Crippen LogP contribution in [-0.2, 0) is 16.0 Å². The van der Waals surface area contributed by atoms with Gasteiger partial charge in [-0.3, -0.25) is 14.5 Å². The predicted octanol–water partition coefficient (Wildman–Crippen LogP) is 4.88. The summed E-state index contributed by atoms with van der Waals surface area (Å²) < 4.78 is 19.1. The van der Waals surface area contributed by atoms with Crippen molar-refractivity contribution in [3.8, 4) is 0 Å². The van der Waals surface area contributed by atoms with Crippen LogP contribution < -0.4 is 10.2 Å². The number of nitrogens with zero attached hydrogens (tertiary/aromatic N) is 3. The Morgan fingerprint density at radius 3 is 2.81 bits per heavy atom. The molecule has 7 nitrogen and oxygen atoms in total. The first-order valence-corrected chi connectivity index (χ1v) is 9.64. The number of halogens is 2. The number of amides is 2. The maximum Gasteiger partial charge on any atom is 0.229 e. The van der Waals surface area contributed by atoms with E-state index in [0.29, 0.717) is 22.8 Å². The minimum atomic E-state index is -0.552. The number of fused-ring (bicyclic) bond motifs is 1. The van der Waals surface area contributed by atoms with Crippen LogP contribution >= 0.6 is 11.6 Å². The summed E-state index contributed by atoms with van der Waals surface area (Å²) in [5.41, 5.74) is 1.57. The maximum atomic E-state index is 14.0. The minimum absolute atomic E-state index is 0.113. The van der Waals surface area contributed by atoms with Gasteiger partial charge in [-0.05, 0) is 30.3 Å². The van der Waals surface area contributed by atoms with Crippen molar-refractivity contribution in [1.29, 1.82) is 0 Å². The highest BCUT2D eigenvalue weighted by Crippen LogP contribution is 2.29. The number of rotatable bonds is 5. The van der Waals surface area contributed by atoms with E-state index in [1.165, 1.54) is 36.2 Å². The van der Waals surface area contributed by atoms with Crippen LogP contribution in [0.15, 0.2) is 65.4 Å². The number of hydrogen-bond acceptors (Lipinski definition) is 5. The summed E-state index contributed by atoms with van der Waals surface area (Å²) in [6.45, 7) is 1.40. The van der Waals surface area contributed by atoms with E-state index in [0.717, 1.165) is 5.39 Å². The first kappa shape index (κ1) is 20.5. The molecule has 0 spiro atoms. The van der Waals surface area contributed by atoms with Gasteiger partial charge in [-0.1, -0.05) is 22.8 Å². The predicted molar refractivity (Wildman–Crippen MR) is 115 cm³/mol. The summed E-state index contributed by atoms with van der Waals surface area (Å²) in [6, 6.07) is 12.6. The van der Waals surface area contributed by atoms with E-state index in [9.17, 15) is 14.0 Å². The van der Waals surface area contributed by atoms with Gasteiger partial charge in [0.25, 0.3) is 0 Å². The highest BCUT2D eigenvalue weighted by Gasteiger charge is 2.18. The van der Waals surface area contributed by atoms with E-state index in [-0.39, 0.29) is 22.9 Å². The van der Waals surface area contributed by atoms with Crippen LogP contribution in [0.3, 0.4) is 0 Å². The summed E-state index contributed by atoms with van der Waals surface area (Å²) >= 11 is 5.99. The van der Waals surface area contributed by atoms with Crippen molar-refractivity contribution in [2.75, 3.05) is 10.2 Å². The summed E-state index contributed by atoms with van der Waals surface area (Å²) in [6.07, 6.45) is 2.80. The van der Waals surface area contributed by atoms with Crippen LogP contribution in [0.1, 0.15) is 12.5 Å². The molecule has 0 saturated carbocycles. The Labute approximate surface area is 181 Å². The molecule has 4 aromatic rings. The molecule has 156 valence electrons. The van der Waals surface area contributed by atoms with Gasteiger partial charge in [0.05, 0.1) is 18.3 Å². The molecule has 2 aromatic carbocycles. The molecule has 0 unspecified atom stereocenters. The first-order valence-electron chi connectivity index (χ1n) is 9.26. The van der Waals surface area contributed by atoms with Crippen LogP contribution in [0.4, 0.5) is 21.6 Å². The van der Waals surface area contributed by atoms with Crippen LogP contribution in [0, 0.1) is 5.82 Å². The van der Waals surface area contributed by atoms with Crippen molar-refractivity contribution in [1.82, 2.24) is 10.1 Å². The van der Waals surface area contributed by atoms with Gasteiger partial charge in [0.2, 0.25) is 11.8 Å². The van der Waals surface area contributed by atoms with Gasteiger partial charge in [0.1, 0.15) is 11.6 Å². The zero-order valence-corrected chi connectivity index (χ0v) is 17.1. The second-order valence-electron chi connectivity index (χ2n) is 6.73. The van der Waals surface area contributed by atoms with E-state index in [1.54, 1.807) is 36.5 Å². The largest absolute Gasteiger partial charge is 0.356 e. The zero-order chi connectivity index (χ0) is 22.0. The fourth-order valence-corrected chi connectivity index (χ4v) is 3.38. The smallest absolute Gasteiger partial charge is 0.229 e. The Balaban J connectivity index is 1.58. The Morgan fingerprint density at radius 1 is 1.19 bits per heavy atom. The number of carbonyl (C=O) groups excluding carboxylic acids is 2. The molecule has 31 heavy (non-hydrogen) atoms. The summed E-state index contributed by atoms with van der Waals surface area (Å²) in [7, 11) is 0. The Bertz CT molecular complexity index is 1270. The Kier molecular flexibility index (Phi) is 5.64. The number of hydrogen-bond donors (Lipinski definition) is 1. The van der Waals surface area contributed by atoms with E-state index >= 15 is 0 Å². The summed E-state index contributed by atoms with van der Waals surface area (Å²) in [5.74, 6) is -0.994. The van der Waals surface area contributed by atoms with Crippen molar-refractivity contribution in [3.63, 3.8) is 0 Å². The Hall–Kier alpha value is -3.78. The minimum Gasteiger partial charge on any atom is -0.356 e. The molecule has 2 aromatic heterocycles. The third-order valence-corrected chi connectivity index (χ3v) is 4.92. The summed E-state index contributed by atoms with van der Waals surface area (Å²) in [4.78, 5) is 30.4. The molecule has 0 aliphatic rings. The van der Waals surface area contributed by atoms with Crippen LogP contribution in [-0.4, -0.2) is 22.0 Å². The van der Waals surface area contributed by atoms with Crippen molar-refractivity contribution in [3.05, 3.63) is 77.3 Å². The molecule has 0 atom stereocenters. The highest BCUT2D eigenvalue weighted by atomic mass is 35.5. The number of benzene rings is 2. The third kappa shape index (κ3) is 4.39. The van der Waals surface area contributed by atoms with Gasteiger partial charge >= 0.3 is 0 Å². The molecular formula is C22H16ClFN4O3. The average molecular weight is 439 g/mol. The van der Waals surface area contributed by atoms with Gasteiger partial charge in [-0.25, -0.2) is 9.37 Å². The molecule has 0 radical (unpaired) electrons. The average Bonchev–Trinajstić information content (AvgIpc) is 3.19. The fourth-order valence-electron chi connectivity index (χ4n) is 3.15. The van der Waals surface area contributed by atoms with Crippen molar-refractivity contribution in [2.45, 2.75) is 13.3 Å². The highest BCUT2D eigenvalue weighted by molar-refractivity contribution is 6.31. The molecular weight excluding hydrogens is 423 g/mol. The Morgan fingerprint density at radius 2 is 2.03 bits per heavy atom. The number of aromatic nitrogens is 2. The van der Waals surface area contributed by atoms with Gasteiger partial charge in [-0.15, -0.1) is 0 Å². The molecule has 0 fully saturated rings. The van der Waals surface area contributed by atoms with E-state index in [4.69, 9.17) is 16.1 Å². The standard InChI is InChI=1S/C22H16ClFN4O3/c1-13(29)28(16-6-5-14-12-26-31-20(14)10-16)21-9-15(7-8-25-21)27-22(30)11-17-18(23)3-2-4-19(17)24/h2-10,12H,11H2,1H3,(H,25,27,30). The fraction of sp³-hybridized carbons (Fsp3) is 0.0909.